The molecule has 3 heteroatoms. The van der Waals surface area contributed by atoms with Crippen molar-refractivity contribution in [3.05, 3.63) is 78.4 Å². The van der Waals surface area contributed by atoms with E-state index in [1.807, 2.05) is 36.4 Å². The first-order valence-electron chi connectivity index (χ1n) is 9.42. The highest BCUT2D eigenvalue weighted by Gasteiger charge is 2.39. The van der Waals surface area contributed by atoms with Crippen LogP contribution in [0.1, 0.15) is 36.3 Å². The highest BCUT2D eigenvalue weighted by atomic mass is 16.5. The molecule has 1 fully saturated rings. The van der Waals surface area contributed by atoms with Crippen LogP contribution < -0.4 is 4.74 Å². The molecule has 0 radical (unpaired) electrons. The fourth-order valence-corrected chi connectivity index (χ4v) is 4.00. The second kappa shape index (κ2) is 8.52. The summed E-state index contributed by atoms with van der Waals surface area (Å²) in [5.41, 5.74) is 1.07. The molecule has 2 aromatic rings. The Kier molecular flexibility index (Phi) is 6.12. The molecule has 138 valence electrons. The predicted octanol–water partition coefficient (Wildman–Crippen LogP) is 4.34. The number of aliphatic hydroxyl groups is 1. The molecule has 0 saturated carbocycles. The van der Waals surface area contributed by atoms with E-state index in [4.69, 9.17) is 4.74 Å². The Morgan fingerprint density at radius 2 is 1.77 bits per heavy atom. The molecule has 3 rings (SSSR count). The van der Waals surface area contributed by atoms with Crippen molar-refractivity contribution >= 4 is 0 Å². The molecule has 0 spiro atoms. The van der Waals surface area contributed by atoms with Gasteiger partial charge in [-0.15, -0.1) is 6.58 Å². The lowest BCUT2D eigenvalue weighted by molar-refractivity contribution is -0.000360. The number of benzene rings is 2. The van der Waals surface area contributed by atoms with Gasteiger partial charge in [0.05, 0.1) is 7.11 Å². The summed E-state index contributed by atoms with van der Waals surface area (Å²) >= 11 is 0. The molecule has 1 N–H and O–H groups in total. The average Bonchev–Trinajstić information content (AvgIpc) is 3.20. The minimum Gasteiger partial charge on any atom is -0.497 e. The highest BCUT2D eigenvalue weighted by Crippen LogP contribution is 2.41. The van der Waals surface area contributed by atoms with Gasteiger partial charge in [0, 0.05) is 12.5 Å². The summed E-state index contributed by atoms with van der Waals surface area (Å²) < 4.78 is 5.28. The van der Waals surface area contributed by atoms with Gasteiger partial charge in [0.2, 0.25) is 0 Å². The van der Waals surface area contributed by atoms with Crippen molar-refractivity contribution in [1.82, 2.24) is 4.90 Å². The Morgan fingerprint density at radius 1 is 1.12 bits per heavy atom. The van der Waals surface area contributed by atoms with E-state index < -0.39 is 5.60 Å². The zero-order valence-electron chi connectivity index (χ0n) is 15.6. The summed E-state index contributed by atoms with van der Waals surface area (Å²) in [6, 6.07) is 18.2. The molecule has 3 nitrogen and oxygen atoms in total. The van der Waals surface area contributed by atoms with Crippen molar-refractivity contribution in [2.45, 2.75) is 30.8 Å². The number of methoxy groups -OCH3 is 1. The second-order valence-electron chi connectivity index (χ2n) is 7.12. The van der Waals surface area contributed by atoms with Crippen molar-refractivity contribution in [3.63, 3.8) is 0 Å². The van der Waals surface area contributed by atoms with Crippen LogP contribution in [0.2, 0.25) is 0 Å². The molecule has 0 aromatic heterocycles. The maximum absolute atomic E-state index is 11.9. The molecular weight excluding hydrogens is 322 g/mol. The minimum absolute atomic E-state index is 0.0202. The fraction of sp³-hybridized carbons (Fsp3) is 0.391. The van der Waals surface area contributed by atoms with E-state index in [0.717, 1.165) is 30.9 Å². The van der Waals surface area contributed by atoms with Gasteiger partial charge in [-0.25, -0.2) is 0 Å². The lowest BCUT2D eigenvalue weighted by atomic mass is 9.75. The molecular formula is C23H29NO2. The third kappa shape index (κ3) is 4.00. The topological polar surface area (TPSA) is 32.7 Å². The van der Waals surface area contributed by atoms with Gasteiger partial charge in [0.15, 0.2) is 0 Å². The van der Waals surface area contributed by atoms with Gasteiger partial charge < -0.3 is 14.7 Å². The zero-order chi connectivity index (χ0) is 18.4. The number of hydrogen-bond acceptors (Lipinski definition) is 3. The van der Waals surface area contributed by atoms with Crippen LogP contribution in [0.4, 0.5) is 0 Å². The summed E-state index contributed by atoms with van der Waals surface area (Å²) in [5.74, 6) is 0.777. The summed E-state index contributed by atoms with van der Waals surface area (Å²) in [4.78, 5) is 2.47. The van der Waals surface area contributed by atoms with Crippen LogP contribution >= 0.6 is 0 Å². The van der Waals surface area contributed by atoms with E-state index in [0.29, 0.717) is 6.42 Å². The molecule has 0 aliphatic carbocycles. The van der Waals surface area contributed by atoms with Crippen LogP contribution in [0.25, 0.3) is 0 Å². The van der Waals surface area contributed by atoms with Gasteiger partial charge in [-0.1, -0.05) is 48.5 Å². The van der Waals surface area contributed by atoms with E-state index in [-0.39, 0.29) is 5.92 Å². The summed E-state index contributed by atoms with van der Waals surface area (Å²) in [5, 5.41) is 11.9. The van der Waals surface area contributed by atoms with E-state index in [1.165, 1.54) is 18.4 Å². The van der Waals surface area contributed by atoms with Crippen LogP contribution in [0, 0.1) is 0 Å². The predicted molar refractivity (Wildman–Crippen MR) is 107 cm³/mol. The first-order chi connectivity index (χ1) is 12.7. The third-order valence-electron chi connectivity index (χ3n) is 5.46. The maximum atomic E-state index is 11.9. The van der Waals surface area contributed by atoms with Crippen LogP contribution in [-0.2, 0) is 5.60 Å². The van der Waals surface area contributed by atoms with Crippen molar-refractivity contribution in [2.24, 2.45) is 0 Å². The molecule has 1 aliphatic rings. The van der Waals surface area contributed by atoms with E-state index in [1.54, 1.807) is 7.11 Å². The van der Waals surface area contributed by atoms with Gasteiger partial charge >= 0.3 is 0 Å². The molecule has 1 heterocycles. The Labute approximate surface area is 156 Å². The maximum Gasteiger partial charge on any atom is 0.118 e. The molecule has 0 unspecified atom stereocenters. The van der Waals surface area contributed by atoms with Gasteiger partial charge in [-0.2, -0.15) is 0 Å². The Hall–Kier alpha value is -2.10. The lowest BCUT2D eigenvalue weighted by Crippen LogP contribution is -2.40. The first kappa shape index (κ1) is 18.7. The van der Waals surface area contributed by atoms with Gasteiger partial charge in [-0.3, -0.25) is 0 Å². The zero-order valence-corrected chi connectivity index (χ0v) is 15.6. The van der Waals surface area contributed by atoms with Crippen LogP contribution in [0.15, 0.2) is 67.3 Å². The average molecular weight is 351 g/mol. The van der Waals surface area contributed by atoms with Crippen molar-refractivity contribution in [2.75, 3.05) is 26.7 Å². The highest BCUT2D eigenvalue weighted by molar-refractivity contribution is 5.36. The van der Waals surface area contributed by atoms with E-state index in [2.05, 4.69) is 35.7 Å². The summed E-state index contributed by atoms with van der Waals surface area (Å²) in [6.07, 6.45) is 4.81. The summed E-state index contributed by atoms with van der Waals surface area (Å²) in [7, 11) is 1.66. The molecule has 26 heavy (non-hydrogen) atoms. The molecule has 1 aliphatic heterocycles. The van der Waals surface area contributed by atoms with Gasteiger partial charge in [0.1, 0.15) is 11.4 Å². The van der Waals surface area contributed by atoms with E-state index >= 15 is 0 Å². The largest absolute Gasteiger partial charge is 0.497 e. The number of hydrogen-bond donors (Lipinski definition) is 1. The van der Waals surface area contributed by atoms with Crippen molar-refractivity contribution < 1.29 is 9.84 Å². The molecule has 1 saturated heterocycles. The fourth-order valence-electron chi connectivity index (χ4n) is 4.00. The summed E-state index contributed by atoms with van der Waals surface area (Å²) in [6.45, 7) is 6.98. The van der Waals surface area contributed by atoms with E-state index in [9.17, 15) is 5.11 Å². The molecule has 0 amide bonds. The molecule has 0 bridgehead atoms. The Morgan fingerprint density at radius 3 is 2.35 bits per heavy atom. The number of ether oxygens (including phenoxy) is 1. The number of nitrogens with zero attached hydrogens (tertiary/aromatic N) is 1. The monoisotopic (exact) mass is 351 g/mol. The van der Waals surface area contributed by atoms with Crippen LogP contribution in [-0.4, -0.2) is 36.8 Å². The van der Waals surface area contributed by atoms with Crippen LogP contribution in [0.3, 0.4) is 0 Å². The second-order valence-corrected chi connectivity index (χ2v) is 7.12. The quantitative estimate of drug-likeness (QED) is 0.718. The third-order valence-corrected chi connectivity index (χ3v) is 5.46. The standard InChI is InChI=1S/C23H29NO2/c1-3-15-23(25,20-11-13-21(26-2)14-12-20)22(18-24-16-7-8-17-24)19-9-5-4-6-10-19/h3-6,9-14,22,25H,1,7-8,15-18H2,2H3/t22-,23+/m1/s1. The SMILES string of the molecule is C=CC[C@](O)(c1ccc(OC)cc1)[C@H](CN1CCCC1)c1ccccc1. The Bertz CT molecular complexity index is 692. The first-order valence-corrected chi connectivity index (χ1v) is 9.42. The molecule has 2 aromatic carbocycles. The van der Waals surface area contributed by atoms with Crippen molar-refractivity contribution in [3.8, 4) is 5.75 Å². The number of likely N-dealkylation sites (tertiary alicyclic amines) is 1. The van der Waals surface area contributed by atoms with Gasteiger partial charge in [0.25, 0.3) is 0 Å². The van der Waals surface area contributed by atoms with Crippen molar-refractivity contribution in [1.29, 1.82) is 0 Å². The van der Waals surface area contributed by atoms with Crippen LogP contribution in [0.5, 0.6) is 5.75 Å². The number of rotatable bonds is 8. The lowest BCUT2D eigenvalue weighted by Gasteiger charge is -2.39. The molecule has 2 atom stereocenters. The normalized spacial score (nSPS) is 18.2. The minimum atomic E-state index is -1.00. The smallest absolute Gasteiger partial charge is 0.118 e. The van der Waals surface area contributed by atoms with Gasteiger partial charge in [-0.05, 0) is 55.6 Å². The Balaban J connectivity index is 2.01.